The number of likely N-dealkylation sites (tertiary alicyclic amines) is 2. The number of amides is 3. The largest absolute Gasteiger partial charge is 0.497 e. The van der Waals surface area contributed by atoms with E-state index in [1.807, 2.05) is 30.3 Å². The molecular formula is C25H29N3O4. The molecule has 168 valence electrons. The first-order chi connectivity index (χ1) is 15.6. The van der Waals surface area contributed by atoms with Crippen LogP contribution < -0.4 is 10.1 Å². The number of rotatable bonds is 6. The minimum Gasteiger partial charge on any atom is -0.497 e. The van der Waals surface area contributed by atoms with Gasteiger partial charge in [0, 0.05) is 25.2 Å². The average Bonchev–Trinajstić information content (AvgIpc) is 3.52. The zero-order chi connectivity index (χ0) is 22.5. The lowest BCUT2D eigenvalue weighted by atomic mass is 10.1. The third kappa shape index (κ3) is 4.61. The van der Waals surface area contributed by atoms with Crippen molar-refractivity contribution >= 4 is 17.7 Å². The van der Waals surface area contributed by atoms with Crippen molar-refractivity contribution in [2.75, 3.05) is 20.2 Å². The van der Waals surface area contributed by atoms with Crippen molar-refractivity contribution in [1.82, 2.24) is 15.1 Å². The van der Waals surface area contributed by atoms with E-state index in [1.165, 1.54) is 0 Å². The van der Waals surface area contributed by atoms with Crippen molar-refractivity contribution in [1.29, 1.82) is 0 Å². The van der Waals surface area contributed by atoms with Gasteiger partial charge in [-0.05, 0) is 49.4 Å². The summed E-state index contributed by atoms with van der Waals surface area (Å²) >= 11 is 0. The van der Waals surface area contributed by atoms with E-state index >= 15 is 0 Å². The molecule has 2 aliphatic rings. The fourth-order valence-corrected chi connectivity index (χ4v) is 4.59. The SMILES string of the molecule is COc1cccc(C(=O)N2CCC[C@@H]2C(=O)N2CCC[C@H]2C(=O)NCc2ccccc2)c1. The first-order valence-electron chi connectivity index (χ1n) is 11.2. The van der Waals surface area contributed by atoms with Crippen LogP contribution in [0.15, 0.2) is 54.6 Å². The summed E-state index contributed by atoms with van der Waals surface area (Å²) < 4.78 is 5.23. The minimum atomic E-state index is -0.531. The van der Waals surface area contributed by atoms with Gasteiger partial charge in [-0.15, -0.1) is 0 Å². The van der Waals surface area contributed by atoms with Crippen molar-refractivity contribution < 1.29 is 19.1 Å². The van der Waals surface area contributed by atoms with Crippen molar-refractivity contribution in [3.8, 4) is 5.75 Å². The molecule has 2 fully saturated rings. The number of benzene rings is 2. The predicted octanol–water partition coefficient (Wildman–Crippen LogP) is 2.61. The summed E-state index contributed by atoms with van der Waals surface area (Å²) in [4.78, 5) is 42.7. The fourth-order valence-electron chi connectivity index (χ4n) is 4.59. The number of carbonyl (C=O) groups is 3. The molecule has 2 atom stereocenters. The molecule has 0 bridgehead atoms. The van der Waals surface area contributed by atoms with E-state index in [0.29, 0.717) is 43.8 Å². The Balaban J connectivity index is 1.43. The maximum Gasteiger partial charge on any atom is 0.254 e. The van der Waals surface area contributed by atoms with E-state index in [2.05, 4.69) is 5.32 Å². The maximum absolute atomic E-state index is 13.4. The minimum absolute atomic E-state index is 0.129. The second-order valence-electron chi connectivity index (χ2n) is 8.28. The zero-order valence-corrected chi connectivity index (χ0v) is 18.3. The molecule has 0 unspecified atom stereocenters. The monoisotopic (exact) mass is 435 g/mol. The van der Waals surface area contributed by atoms with Gasteiger partial charge in [0.2, 0.25) is 11.8 Å². The molecule has 2 aromatic rings. The van der Waals surface area contributed by atoms with Crippen molar-refractivity contribution in [2.45, 2.75) is 44.3 Å². The Kier molecular flexibility index (Phi) is 6.73. The molecule has 32 heavy (non-hydrogen) atoms. The van der Waals surface area contributed by atoms with Crippen LogP contribution in [0.3, 0.4) is 0 Å². The highest BCUT2D eigenvalue weighted by molar-refractivity contribution is 5.99. The van der Waals surface area contributed by atoms with Gasteiger partial charge in [0.1, 0.15) is 17.8 Å². The summed E-state index contributed by atoms with van der Waals surface area (Å²) in [5.74, 6) is 0.163. The number of hydrogen-bond acceptors (Lipinski definition) is 4. The maximum atomic E-state index is 13.4. The van der Waals surface area contributed by atoms with E-state index in [9.17, 15) is 14.4 Å². The summed E-state index contributed by atoms with van der Waals surface area (Å²) in [5, 5.41) is 2.96. The van der Waals surface area contributed by atoms with E-state index in [-0.39, 0.29) is 17.7 Å². The Bertz CT molecular complexity index is 978. The second-order valence-corrected chi connectivity index (χ2v) is 8.28. The van der Waals surface area contributed by atoms with E-state index < -0.39 is 12.1 Å². The fraction of sp³-hybridized carbons (Fsp3) is 0.400. The smallest absolute Gasteiger partial charge is 0.254 e. The van der Waals surface area contributed by atoms with Crippen LogP contribution in [0.25, 0.3) is 0 Å². The summed E-state index contributed by atoms with van der Waals surface area (Å²) in [6, 6.07) is 15.7. The average molecular weight is 436 g/mol. The standard InChI is InChI=1S/C25H29N3O4/c1-32-20-11-5-10-19(16-20)24(30)28-15-7-13-22(28)25(31)27-14-6-12-21(27)23(29)26-17-18-8-3-2-4-9-18/h2-5,8-11,16,21-22H,6-7,12-15,17H2,1H3,(H,26,29)/t21-,22+/m0/s1. The summed E-state index contributed by atoms with van der Waals surface area (Å²) in [5.41, 5.74) is 1.52. The molecule has 2 saturated heterocycles. The Hall–Kier alpha value is -3.35. The quantitative estimate of drug-likeness (QED) is 0.757. The van der Waals surface area contributed by atoms with Crippen molar-refractivity contribution in [3.63, 3.8) is 0 Å². The van der Waals surface area contributed by atoms with Crippen LogP contribution in [0.2, 0.25) is 0 Å². The lowest BCUT2D eigenvalue weighted by Crippen LogP contribution is -2.52. The number of carbonyl (C=O) groups excluding carboxylic acids is 3. The number of hydrogen-bond donors (Lipinski definition) is 1. The Morgan fingerprint density at radius 1 is 0.938 bits per heavy atom. The van der Waals surface area contributed by atoms with Crippen LogP contribution >= 0.6 is 0 Å². The van der Waals surface area contributed by atoms with E-state index in [1.54, 1.807) is 41.2 Å². The van der Waals surface area contributed by atoms with Gasteiger partial charge in [-0.25, -0.2) is 0 Å². The molecule has 4 rings (SSSR count). The van der Waals surface area contributed by atoms with Crippen LogP contribution in [-0.2, 0) is 16.1 Å². The van der Waals surface area contributed by atoms with E-state index in [4.69, 9.17) is 4.74 Å². The molecule has 0 radical (unpaired) electrons. The van der Waals surface area contributed by atoms with Gasteiger partial charge in [0.15, 0.2) is 0 Å². The summed E-state index contributed by atoms with van der Waals surface area (Å²) in [6.07, 6.45) is 2.81. The molecule has 7 nitrogen and oxygen atoms in total. The summed E-state index contributed by atoms with van der Waals surface area (Å²) in [6.45, 7) is 1.51. The van der Waals surface area contributed by atoms with Crippen LogP contribution in [0, 0.1) is 0 Å². The molecule has 0 aliphatic carbocycles. The Labute approximate surface area is 188 Å². The zero-order valence-electron chi connectivity index (χ0n) is 18.3. The van der Waals surface area contributed by atoms with Crippen molar-refractivity contribution in [3.05, 3.63) is 65.7 Å². The molecule has 0 spiro atoms. The Morgan fingerprint density at radius 3 is 2.41 bits per heavy atom. The highest BCUT2D eigenvalue weighted by atomic mass is 16.5. The highest BCUT2D eigenvalue weighted by Gasteiger charge is 2.42. The van der Waals surface area contributed by atoms with Gasteiger partial charge in [0.25, 0.3) is 5.91 Å². The topological polar surface area (TPSA) is 79.0 Å². The van der Waals surface area contributed by atoms with Gasteiger partial charge >= 0.3 is 0 Å². The molecule has 2 aromatic carbocycles. The van der Waals surface area contributed by atoms with Crippen LogP contribution in [0.5, 0.6) is 5.75 Å². The molecule has 0 saturated carbocycles. The van der Waals surface area contributed by atoms with Crippen LogP contribution in [0.1, 0.15) is 41.6 Å². The molecule has 3 amide bonds. The van der Waals surface area contributed by atoms with Crippen LogP contribution in [-0.4, -0.2) is 59.8 Å². The normalized spacial score (nSPS) is 20.3. The van der Waals surface area contributed by atoms with Gasteiger partial charge in [-0.3, -0.25) is 14.4 Å². The van der Waals surface area contributed by atoms with Crippen molar-refractivity contribution in [2.24, 2.45) is 0 Å². The molecule has 0 aromatic heterocycles. The molecule has 2 heterocycles. The molecule has 7 heteroatoms. The highest BCUT2D eigenvalue weighted by Crippen LogP contribution is 2.27. The lowest BCUT2D eigenvalue weighted by Gasteiger charge is -2.31. The van der Waals surface area contributed by atoms with E-state index in [0.717, 1.165) is 18.4 Å². The third-order valence-corrected chi connectivity index (χ3v) is 6.26. The number of ether oxygens (including phenoxy) is 1. The number of nitrogens with zero attached hydrogens (tertiary/aromatic N) is 2. The van der Waals surface area contributed by atoms with Gasteiger partial charge in [-0.1, -0.05) is 36.4 Å². The van der Waals surface area contributed by atoms with Gasteiger partial charge in [-0.2, -0.15) is 0 Å². The second kappa shape index (κ2) is 9.85. The molecule has 1 N–H and O–H groups in total. The number of nitrogens with one attached hydrogen (secondary N) is 1. The van der Waals surface area contributed by atoms with Gasteiger partial charge in [0.05, 0.1) is 7.11 Å². The first-order valence-corrected chi connectivity index (χ1v) is 11.2. The third-order valence-electron chi connectivity index (χ3n) is 6.26. The first kappa shape index (κ1) is 21.9. The Morgan fingerprint density at radius 2 is 1.66 bits per heavy atom. The van der Waals surface area contributed by atoms with Gasteiger partial charge < -0.3 is 19.9 Å². The summed E-state index contributed by atoms with van der Waals surface area (Å²) in [7, 11) is 1.56. The van der Waals surface area contributed by atoms with Crippen LogP contribution in [0.4, 0.5) is 0 Å². The lowest BCUT2D eigenvalue weighted by molar-refractivity contribution is -0.141. The predicted molar refractivity (Wildman–Crippen MR) is 120 cm³/mol. The number of methoxy groups -OCH3 is 1. The molecule has 2 aliphatic heterocycles. The molecular weight excluding hydrogens is 406 g/mol.